The third-order valence-electron chi connectivity index (χ3n) is 2.81. The summed E-state index contributed by atoms with van der Waals surface area (Å²) >= 11 is 0. The molecule has 3 N–H and O–H groups in total. The number of hydrogen-bond acceptors (Lipinski definition) is 3. The first kappa shape index (κ1) is 14.7. The highest BCUT2D eigenvalue weighted by Crippen LogP contribution is 2.08. The molecule has 0 spiro atoms. The van der Waals surface area contributed by atoms with E-state index in [1.54, 1.807) is 6.92 Å². The Hall–Kier alpha value is -2.35. The Morgan fingerprint density at radius 2 is 2.00 bits per heavy atom. The fraction of sp³-hybridized carbons (Fsp3) is 0.357. The van der Waals surface area contributed by atoms with Crippen LogP contribution in [0.1, 0.15) is 18.9 Å². The van der Waals surface area contributed by atoms with E-state index in [1.165, 1.54) is 0 Å². The molecule has 2 amide bonds. The van der Waals surface area contributed by atoms with Gasteiger partial charge in [-0.2, -0.15) is 5.26 Å². The van der Waals surface area contributed by atoms with Crippen LogP contribution in [0.2, 0.25) is 0 Å². The number of rotatable bonds is 6. The minimum Gasteiger partial charge on any atom is -0.368 e. The lowest BCUT2D eigenvalue weighted by molar-refractivity contribution is -0.128. The normalized spacial score (nSPS) is 13.1. The molecule has 0 aliphatic rings. The Labute approximate surface area is 112 Å². The van der Waals surface area contributed by atoms with Crippen LogP contribution in [0.15, 0.2) is 30.3 Å². The highest BCUT2D eigenvalue weighted by atomic mass is 16.2. The Kier molecular flexibility index (Phi) is 5.55. The Balaban J connectivity index is 2.62. The van der Waals surface area contributed by atoms with E-state index >= 15 is 0 Å². The molecule has 1 aromatic carbocycles. The summed E-state index contributed by atoms with van der Waals surface area (Å²) in [5, 5.41) is 11.2. The molecule has 0 saturated heterocycles. The summed E-state index contributed by atoms with van der Waals surface area (Å²) in [6.45, 7) is 1.71. The zero-order valence-electron chi connectivity index (χ0n) is 10.8. The van der Waals surface area contributed by atoms with Crippen LogP contribution in [-0.4, -0.2) is 17.9 Å². The van der Waals surface area contributed by atoms with Gasteiger partial charge in [0.25, 0.3) is 0 Å². The van der Waals surface area contributed by atoms with E-state index in [-0.39, 0.29) is 24.7 Å². The maximum atomic E-state index is 11.8. The topological polar surface area (TPSA) is 96.0 Å². The van der Waals surface area contributed by atoms with Crippen molar-refractivity contribution in [1.29, 1.82) is 5.26 Å². The van der Waals surface area contributed by atoms with Crippen LogP contribution in [0.4, 0.5) is 0 Å². The first-order chi connectivity index (χ1) is 9.04. The summed E-state index contributed by atoms with van der Waals surface area (Å²) in [6.07, 6.45) is 0.350. The molecule has 5 heteroatoms. The van der Waals surface area contributed by atoms with Gasteiger partial charge in [0.15, 0.2) is 0 Å². The van der Waals surface area contributed by atoms with Gasteiger partial charge in [-0.25, -0.2) is 0 Å². The smallest absolute Gasteiger partial charge is 0.240 e. The summed E-state index contributed by atoms with van der Waals surface area (Å²) in [4.78, 5) is 23.1. The fourth-order valence-corrected chi connectivity index (χ4v) is 1.76. The first-order valence-corrected chi connectivity index (χ1v) is 6.04. The minimum absolute atomic E-state index is 0.166. The predicted octanol–water partition coefficient (Wildman–Crippen LogP) is 0.749. The van der Waals surface area contributed by atoms with Gasteiger partial charge in [0.05, 0.1) is 12.5 Å². The van der Waals surface area contributed by atoms with Crippen molar-refractivity contribution in [2.24, 2.45) is 11.7 Å². The predicted molar refractivity (Wildman–Crippen MR) is 70.7 cm³/mol. The molecule has 1 aromatic rings. The molecular weight excluding hydrogens is 242 g/mol. The molecule has 0 unspecified atom stereocenters. The van der Waals surface area contributed by atoms with Crippen molar-refractivity contribution in [2.75, 3.05) is 0 Å². The number of carbonyl (C=O) groups is 2. The van der Waals surface area contributed by atoms with E-state index in [1.807, 2.05) is 36.4 Å². The molecule has 1 rings (SSSR count). The molecule has 2 atom stereocenters. The molecule has 0 aliphatic carbocycles. The highest BCUT2D eigenvalue weighted by molar-refractivity contribution is 5.87. The zero-order valence-corrected chi connectivity index (χ0v) is 10.8. The Bertz CT molecular complexity index is 479. The zero-order chi connectivity index (χ0) is 14.3. The van der Waals surface area contributed by atoms with E-state index in [2.05, 4.69) is 5.32 Å². The van der Waals surface area contributed by atoms with E-state index in [9.17, 15) is 9.59 Å². The molecule has 0 saturated carbocycles. The molecule has 0 aromatic heterocycles. The number of primary amides is 1. The van der Waals surface area contributed by atoms with Crippen molar-refractivity contribution in [2.45, 2.75) is 25.8 Å². The molecule has 0 heterocycles. The monoisotopic (exact) mass is 259 g/mol. The third kappa shape index (κ3) is 4.80. The molecule has 0 bridgehead atoms. The van der Waals surface area contributed by atoms with Gasteiger partial charge < -0.3 is 11.1 Å². The minimum atomic E-state index is -0.809. The second-order valence-corrected chi connectivity index (χ2v) is 4.45. The van der Waals surface area contributed by atoms with Crippen molar-refractivity contribution in [3.63, 3.8) is 0 Å². The van der Waals surface area contributed by atoms with Crippen LogP contribution in [0, 0.1) is 17.2 Å². The summed E-state index contributed by atoms with van der Waals surface area (Å²) < 4.78 is 0. The Morgan fingerprint density at radius 3 is 2.53 bits per heavy atom. The average Bonchev–Trinajstić information content (AvgIpc) is 2.37. The number of benzene rings is 1. The maximum absolute atomic E-state index is 11.8. The van der Waals surface area contributed by atoms with Gasteiger partial charge in [-0.3, -0.25) is 9.59 Å². The number of hydrogen-bond donors (Lipinski definition) is 2. The number of nitriles is 1. The number of amides is 2. The molecule has 19 heavy (non-hydrogen) atoms. The standard InChI is InChI=1S/C14H17N3O2/c1-10(7-8-15)13(14(16)19)17-12(18)9-11-5-3-2-4-6-11/h2-6,10,13H,7,9H2,1H3,(H2,16,19)(H,17,18)/t10-,13+/m1/s1. The summed E-state index contributed by atoms with van der Waals surface area (Å²) in [6, 6.07) is 10.4. The van der Waals surface area contributed by atoms with Crippen molar-refractivity contribution < 1.29 is 9.59 Å². The van der Waals surface area contributed by atoms with Gasteiger partial charge in [-0.15, -0.1) is 0 Å². The van der Waals surface area contributed by atoms with Gasteiger partial charge in [0, 0.05) is 6.42 Å². The van der Waals surface area contributed by atoms with Crippen molar-refractivity contribution in [1.82, 2.24) is 5.32 Å². The van der Waals surface area contributed by atoms with Crippen molar-refractivity contribution >= 4 is 11.8 Å². The van der Waals surface area contributed by atoms with Gasteiger partial charge >= 0.3 is 0 Å². The van der Waals surface area contributed by atoms with E-state index in [0.29, 0.717) is 0 Å². The Morgan fingerprint density at radius 1 is 1.37 bits per heavy atom. The molecule has 0 fully saturated rings. The van der Waals surface area contributed by atoms with Gasteiger partial charge in [0.2, 0.25) is 11.8 Å². The van der Waals surface area contributed by atoms with Crippen LogP contribution < -0.4 is 11.1 Å². The number of nitrogens with one attached hydrogen (secondary N) is 1. The van der Waals surface area contributed by atoms with E-state index in [0.717, 1.165) is 5.56 Å². The average molecular weight is 259 g/mol. The lowest BCUT2D eigenvalue weighted by Crippen LogP contribution is -2.48. The molecule has 5 nitrogen and oxygen atoms in total. The van der Waals surface area contributed by atoms with E-state index < -0.39 is 11.9 Å². The lowest BCUT2D eigenvalue weighted by Gasteiger charge is -2.20. The first-order valence-electron chi connectivity index (χ1n) is 6.04. The second kappa shape index (κ2) is 7.17. The number of nitrogens with zero attached hydrogens (tertiary/aromatic N) is 1. The van der Waals surface area contributed by atoms with Gasteiger partial charge in [-0.1, -0.05) is 37.3 Å². The quantitative estimate of drug-likeness (QED) is 0.789. The van der Waals surface area contributed by atoms with Crippen LogP contribution in [-0.2, 0) is 16.0 Å². The third-order valence-corrected chi connectivity index (χ3v) is 2.81. The van der Waals surface area contributed by atoms with Crippen molar-refractivity contribution in [3.8, 4) is 6.07 Å². The summed E-state index contributed by atoms with van der Waals surface area (Å²) in [5.41, 5.74) is 6.10. The van der Waals surface area contributed by atoms with Crippen LogP contribution in [0.5, 0.6) is 0 Å². The maximum Gasteiger partial charge on any atom is 0.240 e. The molecule has 100 valence electrons. The largest absolute Gasteiger partial charge is 0.368 e. The number of nitrogens with two attached hydrogens (primary N) is 1. The van der Waals surface area contributed by atoms with Crippen LogP contribution >= 0.6 is 0 Å². The summed E-state index contributed by atoms with van der Waals surface area (Å²) in [7, 11) is 0. The van der Waals surface area contributed by atoms with Gasteiger partial charge in [-0.05, 0) is 11.5 Å². The SMILES string of the molecule is C[C@H](CC#N)[C@H](NC(=O)Cc1ccccc1)C(N)=O. The molecule has 0 aliphatic heterocycles. The molecular formula is C14H17N3O2. The van der Waals surface area contributed by atoms with Crippen molar-refractivity contribution in [3.05, 3.63) is 35.9 Å². The second-order valence-electron chi connectivity index (χ2n) is 4.45. The van der Waals surface area contributed by atoms with E-state index in [4.69, 9.17) is 11.0 Å². The highest BCUT2D eigenvalue weighted by Gasteiger charge is 2.24. The summed E-state index contributed by atoms with van der Waals surface area (Å²) in [5.74, 6) is -1.20. The fourth-order valence-electron chi connectivity index (χ4n) is 1.76. The van der Waals surface area contributed by atoms with Crippen LogP contribution in [0.3, 0.4) is 0 Å². The number of carbonyl (C=O) groups excluding carboxylic acids is 2. The van der Waals surface area contributed by atoms with Crippen LogP contribution in [0.25, 0.3) is 0 Å². The lowest BCUT2D eigenvalue weighted by atomic mass is 9.98. The molecule has 0 radical (unpaired) electrons. The van der Waals surface area contributed by atoms with Gasteiger partial charge in [0.1, 0.15) is 6.04 Å².